The van der Waals surface area contributed by atoms with Crippen molar-refractivity contribution < 1.29 is 33.8 Å². The van der Waals surface area contributed by atoms with E-state index in [0.717, 1.165) is 11.0 Å². The quantitative estimate of drug-likeness (QED) is 0.394. The summed E-state index contributed by atoms with van der Waals surface area (Å²) in [4.78, 5) is 25.4. The smallest absolute Gasteiger partial charge is 0.381 e. The molecule has 0 fully saturated rings. The normalized spacial score (nSPS) is 10.5. The van der Waals surface area contributed by atoms with Gasteiger partial charge in [-0.25, -0.2) is 9.90 Å². The van der Waals surface area contributed by atoms with Crippen LogP contribution in [0.1, 0.15) is 13.8 Å². The summed E-state index contributed by atoms with van der Waals surface area (Å²) in [6.07, 6.45) is -0.0625. The van der Waals surface area contributed by atoms with E-state index in [-0.39, 0.29) is 18.3 Å². The fourth-order valence-electron chi connectivity index (χ4n) is 0.300. The molecule has 0 spiro atoms. The summed E-state index contributed by atoms with van der Waals surface area (Å²) in [5.41, 5.74) is 0.0648. The van der Waals surface area contributed by atoms with E-state index in [9.17, 15) is 14.5 Å². The third kappa shape index (κ3) is 38.2. The molecule has 0 bridgehead atoms. The first kappa shape index (κ1) is 23.4. The second-order valence-corrected chi connectivity index (χ2v) is 6.75. The highest BCUT2D eigenvalue weighted by Crippen LogP contribution is 2.32. The maximum atomic E-state index is 9.69. The molecule has 3 N–H and O–H groups in total. The average Bonchev–Trinajstić information content (AvgIpc) is 2.16. The molecule has 0 aliphatic heterocycles. The number of carbonyl (C=O) groups is 1. The van der Waals surface area contributed by atoms with E-state index >= 15 is 0 Å². The van der Waals surface area contributed by atoms with Crippen molar-refractivity contribution in [1.82, 2.24) is 0 Å². The van der Waals surface area contributed by atoms with Gasteiger partial charge in [-0.2, -0.15) is 0 Å². The third-order valence-electron chi connectivity index (χ3n) is 1.53. The average molecular weight is 299 g/mol. The molecule has 0 rings (SSSR count). The predicted molar refractivity (Wildman–Crippen MR) is 73.1 cm³/mol. The molecule has 8 heteroatoms. The van der Waals surface area contributed by atoms with Gasteiger partial charge in [-0.1, -0.05) is 13.5 Å². The highest BCUT2D eigenvalue weighted by Gasteiger charge is 2.05. The van der Waals surface area contributed by atoms with Crippen molar-refractivity contribution in [3.8, 4) is 0 Å². The second-order valence-electron chi connectivity index (χ2n) is 4.79. The number of hydrogen-bond acceptors (Lipinski definition) is 3. The largest absolute Gasteiger partial charge is 0.391 e. The topological polar surface area (TPSA) is 115 Å². The Labute approximate surface area is 114 Å². The van der Waals surface area contributed by atoms with Gasteiger partial charge in [0.1, 0.15) is 6.54 Å². The van der Waals surface area contributed by atoms with Gasteiger partial charge in [0.25, 0.3) is 0 Å². The minimum atomic E-state index is -3.65. The Morgan fingerprint density at radius 1 is 1.26 bits per heavy atom. The van der Waals surface area contributed by atoms with Crippen LogP contribution >= 0.6 is 7.60 Å². The van der Waals surface area contributed by atoms with Crippen LogP contribution in [-0.4, -0.2) is 65.8 Å². The van der Waals surface area contributed by atoms with Crippen molar-refractivity contribution in [3.63, 3.8) is 0 Å². The number of likely N-dealkylation sites (N-methyl/N-ethyl adjacent to an activating group) is 1. The van der Waals surface area contributed by atoms with Gasteiger partial charge in [0.15, 0.2) is 0 Å². The van der Waals surface area contributed by atoms with E-state index in [4.69, 9.17) is 14.9 Å². The number of aliphatic hydroxyl groups excluding tert-OH is 1. The molecule has 0 amide bonds. The summed E-state index contributed by atoms with van der Waals surface area (Å²) >= 11 is 0. The van der Waals surface area contributed by atoms with Gasteiger partial charge < -0.3 is 19.4 Å². The van der Waals surface area contributed by atoms with Crippen LogP contribution in [0, 0.1) is 0 Å². The fourth-order valence-corrected chi connectivity index (χ4v) is 0.300. The molecule has 0 aromatic carbocycles. The second kappa shape index (κ2) is 11.1. The lowest BCUT2D eigenvalue weighted by Gasteiger charge is -2.21. The maximum Gasteiger partial charge on any atom is 0.381 e. The SMILES string of the molecule is C=C(C)C([O])=O.CCP(=O)(O)O.C[N+](C)(C)CCO. The van der Waals surface area contributed by atoms with E-state index in [2.05, 4.69) is 27.7 Å². The summed E-state index contributed by atoms with van der Waals surface area (Å²) < 4.78 is 10.5. The number of quaternary nitrogens is 1. The molecule has 7 nitrogen and oxygen atoms in total. The van der Waals surface area contributed by atoms with Crippen LogP contribution in [-0.2, 0) is 14.5 Å². The van der Waals surface area contributed by atoms with Crippen molar-refractivity contribution >= 4 is 13.6 Å². The molecule has 0 saturated heterocycles. The third-order valence-corrected chi connectivity index (χ3v) is 2.36. The lowest BCUT2D eigenvalue weighted by molar-refractivity contribution is -0.870. The Morgan fingerprint density at radius 3 is 1.53 bits per heavy atom. The number of hydrogen-bond donors (Lipinski definition) is 3. The van der Waals surface area contributed by atoms with Crippen LogP contribution in [0.4, 0.5) is 0 Å². The molecule has 0 aromatic heterocycles. The molecule has 0 atom stereocenters. The minimum absolute atomic E-state index is 0.0625. The predicted octanol–water partition coefficient (Wildman–Crippen LogP) is 0.388. The highest BCUT2D eigenvalue weighted by atomic mass is 31.2. The van der Waals surface area contributed by atoms with Gasteiger partial charge in [-0.05, 0) is 6.92 Å². The molecule has 0 aliphatic rings. The van der Waals surface area contributed by atoms with Crippen molar-refractivity contribution in [2.75, 3.05) is 40.5 Å². The molecule has 0 heterocycles. The van der Waals surface area contributed by atoms with Gasteiger partial charge in [0, 0.05) is 11.7 Å². The molecule has 19 heavy (non-hydrogen) atoms. The summed E-state index contributed by atoms with van der Waals surface area (Å²) in [5.74, 6) is -1.19. The summed E-state index contributed by atoms with van der Waals surface area (Å²) in [6.45, 7) is 7.04. The monoisotopic (exact) mass is 299 g/mol. The van der Waals surface area contributed by atoms with Crippen molar-refractivity contribution in [3.05, 3.63) is 12.2 Å². The minimum Gasteiger partial charge on any atom is -0.391 e. The van der Waals surface area contributed by atoms with Crippen LogP contribution in [0.3, 0.4) is 0 Å². The molecule has 0 aromatic rings. The molecule has 0 unspecified atom stereocenters. The lowest BCUT2D eigenvalue weighted by Crippen LogP contribution is -2.36. The van der Waals surface area contributed by atoms with Gasteiger partial charge in [-0.15, -0.1) is 0 Å². The van der Waals surface area contributed by atoms with Crippen LogP contribution < -0.4 is 0 Å². The Hall–Kier alpha value is -0.720. The first-order valence-corrected chi connectivity index (χ1v) is 7.39. The van der Waals surface area contributed by atoms with Crippen molar-refractivity contribution in [2.45, 2.75) is 13.8 Å². The number of nitrogens with zero attached hydrogens (tertiary/aromatic N) is 1. The van der Waals surface area contributed by atoms with Crippen LogP contribution in [0.5, 0.6) is 0 Å². The Kier molecular flexibility index (Phi) is 13.7. The number of carbonyl (C=O) groups excluding carboxylic acids is 1. The van der Waals surface area contributed by atoms with Crippen molar-refractivity contribution in [2.24, 2.45) is 0 Å². The zero-order valence-electron chi connectivity index (χ0n) is 12.3. The van der Waals surface area contributed by atoms with Gasteiger partial charge in [-0.3, -0.25) is 4.57 Å². The van der Waals surface area contributed by atoms with Crippen LogP contribution in [0.15, 0.2) is 12.2 Å². The summed E-state index contributed by atoms with van der Waals surface area (Å²) in [5, 5.41) is 17.9. The molecule has 0 aliphatic carbocycles. The first-order valence-electron chi connectivity index (χ1n) is 5.59. The Morgan fingerprint density at radius 2 is 1.53 bits per heavy atom. The Balaban J connectivity index is -0.000000203. The molecule has 115 valence electrons. The number of aliphatic hydroxyl groups is 1. The van der Waals surface area contributed by atoms with E-state index in [1.807, 2.05) is 0 Å². The summed E-state index contributed by atoms with van der Waals surface area (Å²) in [6, 6.07) is 0. The van der Waals surface area contributed by atoms with Crippen LogP contribution in [0.25, 0.3) is 0 Å². The van der Waals surface area contributed by atoms with E-state index < -0.39 is 13.6 Å². The van der Waals surface area contributed by atoms with Gasteiger partial charge >= 0.3 is 13.6 Å². The first-order chi connectivity index (χ1) is 8.26. The standard InChI is InChI=1S/C5H14NO.C4H5O2.C2H7O3P/c1-6(2,3)4-5-7;1-3(2)4(5)6;1-2-6(3,4)5/h7H,4-5H2,1-3H3;1H2,2H3;2H2,1H3,(H2,3,4,5)/q+1;;. The molecular formula is C11H26NO6P+. The highest BCUT2D eigenvalue weighted by molar-refractivity contribution is 7.51. The molecule has 0 saturated carbocycles. The van der Waals surface area contributed by atoms with Gasteiger partial charge in [0.2, 0.25) is 0 Å². The van der Waals surface area contributed by atoms with E-state index in [1.54, 1.807) is 0 Å². The lowest BCUT2D eigenvalue weighted by atomic mass is 10.4. The molecular weight excluding hydrogens is 273 g/mol. The zero-order valence-corrected chi connectivity index (χ0v) is 13.2. The molecule has 1 radical (unpaired) electrons. The van der Waals surface area contributed by atoms with E-state index in [1.165, 1.54) is 13.8 Å². The van der Waals surface area contributed by atoms with Gasteiger partial charge in [0.05, 0.1) is 27.7 Å². The van der Waals surface area contributed by atoms with E-state index in [0.29, 0.717) is 0 Å². The van der Waals surface area contributed by atoms with Crippen molar-refractivity contribution in [1.29, 1.82) is 0 Å². The summed E-state index contributed by atoms with van der Waals surface area (Å²) in [7, 11) is 2.51. The zero-order chi connectivity index (χ0) is 16.3. The fraction of sp³-hybridized carbons (Fsp3) is 0.727. The Bertz CT molecular complexity index is 293. The van der Waals surface area contributed by atoms with Crippen LogP contribution in [0.2, 0.25) is 0 Å². The number of rotatable bonds is 4. The maximum absolute atomic E-state index is 9.69.